The van der Waals surface area contributed by atoms with E-state index in [4.69, 9.17) is 5.73 Å². The molecule has 1 unspecified atom stereocenters. The van der Waals surface area contributed by atoms with Gasteiger partial charge in [0.25, 0.3) is 0 Å². The van der Waals surface area contributed by atoms with Gasteiger partial charge in [0.2, 0.25) is 5.91 Å². The van der Waals surface area contributed by atoms with Crippen LogP contribution in [-0.2, 0) is 17.6 Å². The Bertz CT molecular complexity index is 807. The highest BCUT2D eigenvalue weighted by Gasteiger charge is 2.31. The first-order chi connectivity index (χ1) is 11.7. The molecule has 1 atom stereocenters. The lowest BCUT2D eigenvalue weighted by molar-refractivity contribution is -0.125. The van der Waals surface area contributed by atoms with Crippen molar-refractivity contribution >= 4 is 45.0 Å². The van der Waals surface area contributed by atoms with E-state index in [0.29, 0.717) is 28.1 Å². The van der Waals surface area contributed by atoms with Crippen LogP contribution in [0.5, 0.6) is 0 Å². The first-order valence-electron chi connectivity index (χ1n) is 8.57. The number of hydrogen-bond donors (Lipinski definition) is 1. The van der Waals surface area contributed by atoms with Crippen molar-refractivity contribution in [1.29, 1.82) is 0 Å². The fourth-order valence-corrected chi connectivity index (χ4v) is 5.44. The molecule has 0 fully saturated rings. The molecule has 136 valence electrons. The highest BCUT2D eigenvalue weighted by molar-refractivity contribution is 7.99. The Hall–Kier alpha value is -1.34. The van der Waals surface area contributed by atoms with Crippen molar-refractivity contribution in [2.75, 3.05) is 25.6 Å². The molecule has 3 rings (SSSR count). The van der Waals surface area contributed by atoms with Crippen molar-refractivity contribution in [1.82, 2.24) is 14.9 Å². The number of thiophene rings is 1. The second-order valence-corrected chi connectivity index (χ2v) is 9.98. The van der Waals surface area contributed by atoms with Gasteiger partial charge in [0.05, 0.1) is 11.1 Å². The summed E-state index contributed by atoms with van der Waals surface area (Å²) >= 11 is 3.10. The fourth-order valence-electron chi connectivity index (χ4n) is 3.24. The van der Waals surface area contributed by atoms with Crippen molar-refractivity contribution in [3.63, 3.8) is 0 Å². The zero-order chi connectivity index (χ0) is 18.4. The number of anilines is 1. The summed E-state index contributed by atoms with van der Waals surface area (Å²) in [7, 11) is 3.50. The van der Waals surface area contributed by atoms with Crippen LogP contribution in [0.2, 0.25) is 0 Å². The van der Waals surface area contributed by atoms with Gasteiger partial charge < -0.3 is 10.6 Å². The number of amides is 1. The Morgan fingerprint density at radius 1 is 1.36 bits per heavy atom. The average Bonchev–Trinajstić information content (AvgIpc) is 2.89. The highest BCUT2D eigenvalue weighted by Crippen LogP contribution is 2.44. The van der Waals surface area contributed by atoms with Crippen molar-refractivity contribution in [2.45, 2.75) is 45.2 Å². The molecule has 0 spiro atoms. The normalized spacial score (nSPS) is 17.6. The highest BCUT2D eigenvalue weighted by atomic mass is 32.2. The maximum Gasteiger partial charge on any atom is 0.232 e. The summed E-state index contributed by atoms with van der Waals surface area (Å²) in [5.74, 6) is 1.62. The number of rotatable bonds is 3. The van der Waals surface area contributed by atoms with Crippen LogP contribution in [-0.4, -0.2) is 40.6 Å². The number of aryl methyl sites for hydroxylation is 1. The van der Waals surface area contributed by atoms with Gasteiger partial charge in [0, 0.05) is 19.0 Å². The molecular weight excluding hydrogens is 352 g/mol. The first kappa shape index (κ1) is 18.5. The van der Waals surface area contributed by atoms with Crippen LogP contribution in [0, 0.1) is 11.3 Å². The molecule has 2 heterocycles. The van der Waals surface area contributed by atoms with E-state index >= 15 is 0 Å². The molecule has 0 saturated heterocycles. The number of aromatic nitrogens is 2. The van der Waals surface area contributed by atoms with Crippen LogP contribution < -0.4 is 5.73 Å². The molecule has 0 aromatic carbocycles. The van der Waals surface area contributed by atoms with Gasteiger partial charge in [0.15, 0.2) is 5.16 Å². The number of nitrogens with zero attached hydrogens (tertiary/aromatic N) is 3. The summed E-state index contributed by atoms with van der Waals surface area (Å²) in [6.07, 6.45) is 3.34. The number of nitrogens with two attached hydrogens (primary N) is 1. The summed E-state index contributed by atoms with van der Waals surface area (Å²) in [5.41, 5.74) is 7.92. The summed E-state index contributed by atoms with van der Waals surface area (Å²) in [6.45, 7) is 6.96. The molecule has 0 saturated carbocycles. The van der Waals surface area contributed by atoms with E-state index in [0.717, 1.165) is 23.1 Å². The van der Waals surface area contributed by atoms with Gasteiger partial charge in [-0.2, -0.15) is 0 Å². The summed E-state index contributed by atoms with van der Waals surface area (Å²) < 4.78 is 0. The molecule has 2 aromatic heterocycles. The zero-order valence-corrected chi connectivity index (χ0v) is 17.2. The lowest BCUT2D eigenvalue weighted by Gasteiger charge is -2.33. The summed E-state index contributed by atoms with van der Waals surface area (Å²) in [4.78, 5) is 24.9. The lowest BCUT2D eigenvalue weighted by Crippen LogP contribution is -2.26. The molecule has 1 amide bonds. The van der Waals surface area contributed by atoms with Crippen molar-refractivity contribution in [3.05, 3.63) is 10.4 Å². The van der Waals surface area contributed by atoms with Crippen LogP contribution in [0.3, 0.4) is 0 Å². The average molecular weight is 379 g/mol. The third-order valence-corrected chi connectivity index (χ3v) is 6.94. The van der Waals surface area contributed by atoms with Crippen LogP contribution >= 0.6 is 23.1 Å². The Morgan fingerprint density at radius 3 is 2.72 bits per heavy atom. The van der Waals surface area contributed by atoms with Crippen LogP contribution in [0.15, 0.2) is 5.16 Å². The van der Waals surface area contributed by atoms with Gasteiger partial charge >= 0.3 is 0 Å². The van der Waals surface area contributed by atoms with Crippen LogP contribution in [0.1, 0.15) is 37.6 Å². The number of hydrogen-bond acceptors (Lipinski definition) is 6. The number of carbonyl (C=O) groups excluding carboxylic acids is 1. The number of thioether (sulfide) groups is 1. The maximum atomic E-state index is 11.8. The second kappa shape index (κ2) is 6.76. The Morgan fingerprint density at radius 2 is 2.08 bits per heavy atom. The van der Waals surface area contributed by atoms with Gasteiger partial charge in [-0.05, 0) is 36.2 Å². The number of nitrogen functional groups attached to an aromatic ring is 1. The Balaban J connectivity index is 1.89. The maximum absolute atomic E-state index is 11.8. The van der Waals surface area contributed by atoms with E-state index in [2.05, 4.69) is 30.7 Å². The molecule has 0 bridgehead atoms. The fraction of sp³-hybridized carbons (Fsp3) is 0.611. The predicted molar refractivity (Wildman–Crippen MR) is 106 cm³/mol. The van der Waals surface area contributed by atoms with E-state index in [-0.39, 0.29) is 5.91 Å². The van der Waals surface area contributed by atoms with Gasteiger partial charge in [0.1, 0.15) is 10.6 Å². The van der Waals surface area contributed by atoms with E-state index in [9.17, 15) is 4.79 Å². The van der Waals surface area contributed by atoms with Gasteiger partial charge in [-0.1, -0.05) is 32.5 Å². The minimum atomic E-state index is 0.0470. The molecule has 1 aliphatic rings. The smallest absolute Gasteiger partial charge is 0.232 e. The molecule has 25 heavy (non-hydrogen) atoms. The number of fused-ring (bicyclic) bond motifs is 3. The molecule has 0 aliphatic heterocycles. The third-order valence-electron chi connectivity index (χ3n) is 4.96. The number of carbonyl (C=O) groups is 1. The zero-order valence-electron chi connectivity index (χ0n) is 15.5. The van der Waals surface area contributed by atoms with E-state index in [1.165, 1.54) is 28.6 Å². The van der Waals surface area contributed by atoms with Crippen LogP contribution in [0.4, 0.5) is 5.82 Å². The Labute approximate surface area is 157 Å². The van der Waals surface area contributed by atoms with E-state index < -0.39 is 0 Å². The minimum absolute atomic E-state index is 0.0470. The van der Waals surface area contributed by atoms with Gasteiger partial charge in [-0.15, -0.1) is 11.3 Å². The second-order valence-electron chi connectivity index (χ2n) is 7.96. The molecule has 5 nitrogen and oxygen atoms in total. The molecule has 7 heteroatoms. The first-order valence-corrected chi connectivity index (χ1v) is 10.4. The Kier molecular flexibility index (Phi) is 4.99. The molecule has 2 aromatic rings. The van der Waals surface area contributed by atoms with Crippen LogP contribution in [0.25, 0.3) is 10.2 Å². The van der Waals surface area contributed by atoms with Gasteiger partial charge in [-0.3, -0.25) is 4.79 Å². The lowest BCUT2D eigenvalue weighted by atomic mass is 9.72. The largest absolute Gasteiger partial charge is 0.383 e. The summed E-state index contributed by atoms with van der Waals surface area (Å²) in [5, 5.41) is 1.63. The van der Waals surface area contributed by atoms with Crippen molar-refractivity contribution in [3.8, 4) is 0 Å². The van der Waals surface area contributed by atoms with Crippen molar-refractivity contribution in [2.24, 2.45) is 11.3 Å². The summed E-state index contributed by atoms with van der Waals surface area (Å²) in [6, 6.07) is 0. The van der Waals surface area contributed by atoms with Crippen molar-refractivity contribution < 1.29 is 4.79 Å². The monoisotopic (exact) mass is 378 g/mol. The minimum Gasteiger partial charge on any atom is -0.383 e. The quantitative estimate of drug-likeness (QED) is 0.652. The standard InChI is InChI=1S/C18H26N4OS2/c1-18(2,3)10-6-7-11-12(8-10)25-16-14(11)15(19)20-17(21-16)24-9-13(23)22(4)5/h10H,6-9H2,1-5H3,(H2,19,20,21). The molecular formula is C18H26N4OS2. The SMILES string of the molecule is CN(C)C(=O)CSc1nc(N)c2c3c(sc2n1)CC(C(C)(C)C)CC3. The predicted octanol–water partition coefficient (Wildman–Crippen LogP) is 3.60. The van der Waals surface area contributed by atoms with E-state index in [1.807, 2.05) is 0 Å². The molecule has 0 radical (unpaired) electrons. The topological polar surface area (TPSA) is 72.1 Å². The van der Waals surface area contributed by atoms with E-state index in [1.54, 1.807) is 30.3 Å². The molecule has 2 N–H and O–H groups in total. The van der Waals surface area contributed by atoms with Gasteiger partial charge in [-0.25, -0.2) is 9.97 Å². The third kappa shape index (κ3) is 3.77. The molecule has 1 aliphatic carbocycles.